The van der Waals surface area contributed by atoms with Gasteiger partial charge in [0.05, 0.1) is 26.2 Å². The van der Waals surface area contributed by atoms with Crippen LogP contribution in [-0.2, 0) is 44.9 Å². The molecular weight excluding hydrogens is 909 g/mol. The van der Waals surface area contributed by atoms with Crippen molar-refractivity contribution >= 4 is 59.8 Å². The lowest BCUT2D eigenvalue weighted by Gasteiger charge is -2.32. The van der Waals surface area contributed by atoms with Crippen LogP contribution in [-0.4, -0.2) is 197 Å². The summed E-state index contributed by atoms with van der Waals surface area (Å²) in [7, 11) is 0. The summed E-state index contributed by atoms with van der Waals surface area (Å²) in [6, 6.07) is 2.87. The number of nitrogens with one attached hydrogen (secondary N) is 4. The molecule has 69 heavy (non-hydrogen) atoms. The molecule has 1 heterocycles. The monoisotopic (exact) mass is 976 g/mol. The highest BCUT2D eigenvalue weighted by Gasteiger charge is 2.27. The number of carbonyl (C=O) groups is 10. The van der Waals surface area contributed by atoms with Gasteiger partial charge in [0.25, 0.3) is 0 Å². The maximum atomic E-state index is 12.7. The van der Waals surface area contributed by atoms with Crippen molar-refractivity contribution in [3.05, 3.63) is 40.3 Å². The van der Waals surface area contributed by atoms with Gasteiger partial charge in [-0.3, -0.25) is 53.2 Å². The molecule has 10 N–H and O–H groups in total. The first-order valence-corrected chi connectivity index (χ1v) is 22.9. The number of rotatable bonds is 24. The van der Waals surface area contributed by atoms with Crippen molar-refractivity contribution in [2.75, 3.05) is 85.1 Å². The third-order valence-electron chi connectivity index (χ3n) is 11.6. The van der Waals surface area contributed by atoms with Gasteiger partial charge in [-0.15, -0.1) is 4.91 Å². The minimum absolute atomic E-state index is 0.0117. The number of nitroso groups, excluding NO2 is 1. The number of amides is 6. The highest BCUT2D eigenvalue weighted by atomic mass is 16.4. The van der Waals surface area contributed by atoms with Crippen LogP contribution in [0.15, 0.2) is 29.4 Å². The summed E-state index contributed by atoms with van der Waals surface area (Å²) in [5.74, 6) is -5.79. The third kappa shape index (κ3) is 25.5. The minimum atomic E-state index is -1.47. The minimum Gasteiger partial charge on any atom is -0.481 e. The average molecular weight is 977 g/mol. The van der Waals surface area contributed by atoms with Crippen molar-refractivity contribution < 1.29 is 68.4 Å². The van der Waals surface area contributed by atoms with E-state index in [9.17, 15) is 63.1 Å². The SMILES string of the molecule is CC1CCC(C(=O)NCCCC[C@H](NC(=O)NC(CCC(=O)O)C(=O)O)C(=O)N=O)CC1.NC(=O)c1ccc(CNC(=O)CN2CCN(CC=O)CCN(CC(=O)O)CCN(CC(=O)O)CC2)cc1. The molecule has 1 saturated carbocycles. The largest absolute Gasteiger partial charge is 0.481 e. The molecule has 1 saturated heterocycles. The maximum Gasteiger partial charge on any atom is 0.326 e. The van der Waals surface area contributed by atoms with E-state index in [1.807, 2.05) is 9.80 Å². The number of hydrogen-bond donors (Lipinski definition) is 9. The molecule has 1 unspecified atom stereocenters. The summed E-state index contributed by atoms with van der Waals surface area (Å²) in [6.07, 6.45) is 4.77. The molecule has 2 aliphatic rings. The van der Waals surface area contributed by atoms with Crippen LogP contribution in [0, 0.1) is 16.7 Å². The van der Waals surface area contributed by atoms with Crippen LogP contribution in [0.3, 0.4) is 0 Å². The number of nitrogens with two attached hydrogens (primary N) is 1. The molecule has 25 heteroatoms. The van der Waals surface area contributed by atoms with Gasteiger partial charge in [-0.2, -0.15) is 0 Å². The average Bonchev–Trinajstić information content (AvgIpc) is 3.29. The summed E-state index contributed by atoms with van der Waals surface area (Å²) >= 11 is 0. The summed E-state index contributed by atoms with van der Waals surface area (Å²) in [6.45, 7) is 6.09. The number of aliphatic carboxylic acids is 4. The van der Waals surface area contributed by atoms with Gasteiger partial charge in [0.1, 0.15) is 18.4 Å². The summed E-state index contributed by atoms with van der Waals surface area (Å²) in [4.78, 5) is 133. The molecule has 25 nitrogen and oxygen atoms in total. The number of carboxylic acids is 4. The molecule has 6 amide bonds. The molecule has 2 fully saturated rings. The Bertz CT molecular complexity index is 1880. The van der Waals surface area contributed by atoms with Crippen molar-refractivity contribution in [3.63, 3.8) is 0 Å². The molecule has 0 spiro atoms. The van der Waals surface area contributed by atoms with Gasteiger partial charge in [0, 0.05) is 88.5 Å². The van der Waals surface area contributed by atoms with Crippen LogP contribution in [0.5, 0.6) is 0 Å². The predicted molar refractivity (Wildman–Crippen MR) is 246 cm³/mol. The number of aldehydes is 1. The molecule has 0 bridgehead atoms. The molecule has 1 aromatic carbocycles. The van der Waals surface area contributed by atoms with Gasteiger partial charge in [0.15, 0.2) is 0 Å². The normalized spacial score (nSPS) is 18.4. The number of primary amides is 1. The van der Waals surface area contributed by atoms with Crippen LogP contribution in [0.4, 0.5) is 4.79 Å². The summed E-state index contributed by atoms with van der Waals surface area (Å²) in [5, 5.41) is 48.6. The lowest BCUT2D eigenvalue weighted by molar-refractivity contribution is -0.141. The van der Waals surface area contributed by atoms with E-state index in [0.29, 0.717) is 83.2 Å². The first kappa shape index (κ1) is 58.7. The lowest BCUT2D eigenvalue weighted by Crippen LogP contribution is -2.51. The molecular formula is C44H68N10O15. The van der Waals surface area contributed by atoms with Gasteiger partial charge in [-0.25, -0.2) is 9.59 Å². The Morgan fingerprint density at radius 2 is 1.22 bits per heavy atom. The van der Waals surface area contributed by atoms with Crippen LogP contribution in [0.25, 0.3) is 0 Å². The van der Waals surface area contributed by atoms with Gasteiger partial charge in [0.2, 0.25) is 17.7 Å². The fraction of sp³-hybridized carbons (Fsp3) is 0.636. The zero-order valence-electron chi connectivity index (χ0n) is 39.1. The zero-order chi connectivity index (χ0) is 51.3. The lowest BCUT2D eigenvalue weighted by atomic mass is 9.82. The number of benzene rings is 1. The van der Waals surface area contributed by atoms with Crippen LogP contribution >= 0.6 is 0 Å². The Balaban J connectivity index is 0.000000479. The Labute approximate surface area is 399 Å². The van der Waals surface area contributed by atoms with Crippen LogP contribution in [0.1, 0.15) is 80.6 Å². The van der Waals surface area contributed by atoms with Crippen LogP contribution < -0.4 is 27.0 Å². The fourth-order valence-electron chi connectivity index (χ4n) is 7.53. The molecule has 384 valence electrons. The quantitative estimate of drug-likeness (QED) is 0.0354. The van der Waals surface area contributed by atoms with E-state index in [1.165, 1.54) is 0 Å². The number of unbranched alkanes of at least 4 members (excludes halogenated alkanes) is 1. The molecule has 3 rings (SSSR count). The van der Waals surface area contributed by atoms with Crippen LogP contribution in [0.2, 0.25) is 0 Å². The summed E-state index contributed by atoms with van der Waals surface area (Å²) < 4.78 is 0. The highest BCUT2D eigenvalue weighted by Crippen LogP contribution is 2.28. The van der Waals surface area contributed by atoms with Crippen molar-refractivity contribution in [1.82, 2.24) is 40.9 Å². The highest BCUT2D eigenvalue weighted by molar-refractivity contribution is 5.92. The van der Waals surface area contributed by atoms with E-state index in [4.69, 9.17) is 15.9 Å². The standard InChI is InChI=1S/C24H36N6O7.C20H32N4O8/c25-24(37)20-3-1-19(2-4-20)15-26-21(32)16-28-7-5-27(13-14-31)6-8-29(17-22(33)34)11-12-30(10-9-28)18-23(35)36;1-12-5-7-13(8-6-12)17(27)21-11-3-2-4-14(18(28)24-32)22-20(31)23-15(19(29)30)9-10-16(25)26/h1-4,14H,5-13,15-18H2,(H2,25,37)(H,26,32)(H,33,34)(H,35,36);12-15H,2-11H2,1H3,(H,21,27)(H,25,26)(H,29,30)(H2,22,23,31)/t;12?,13?,14-,15?/m.0/s1. The first-order chi connectivity index (χ1) is 32.8. The van der Waals surface area contributed by atoms with Crippen molar-refractivity contribution in [2.24, 2.45) is 22.7 Å². The van der Waals surface area contributed by atoms with E-state index in [1.54, 1.807) is 34.1 Å². The topological polar surface area (TPSA) is 368 Å². The Morgan fingerprint density at radius 1 is 0.696 bits per heavy atom. The zero-order valence-corrected chi connectivity index (χ0v) is 39.1. The molecule has 1 aliphatic heterocycles. The first-order valence-electron chi connectivity index (χ1n) is 22.9. The molecule has 1 aliphatic carbocycles. The Kier molecular flexibility index (Phi) is 27.5. The Morgan fingerprint density at radius 3 is 1.70 bits per heavy atom. The number of carboxylic acid groups (broad SMARTS) is 4. The van der Waals surface area contributed by atoms with E-state index in [0.717, 1.165) is 37.5 Å². The Hall–Kier alpha value is -6.44. The van der Waals surface area contributed by atoms with Gasteiger partial charge in [-0.1, -0.05) is 19.1 Å². The van der Waals surface area contributed by atoms with Gasteiger partial charge < -0.3 is 52.2 Å². The second-order valence-electron chi connectivity index (χ2n) is 17.1. The molecule has 1 aromatic rings. The van der Waals surface area contributed by atoms with Gasteiger partial charge >= 0.3 is 35.8 Å². The number of nitrogens with zero attached hydrogens (tertiary/aromatic N) is 5. The molecule has 0 radical (unpaired) electrons. The van der Waals surface area contributed by atoms with Gasteiger partial charge in [-0.05, 0) is 75.0 Å². The second-order valence-corrected chi connectivity index (χ2v) is 17.1. The van der Waals surface area contributed by atoms with E-state index in [-0.39, 0.29) is 63.3 Å². The smallest absolute Gasteiger partial charge is 0.326 e. The van der Waals surface area contributed by atoms with Crippen molar-refractivity contribution in [3.8, 4) is 0 Å². The number of hydrogen-bond acceptors (Lipinski definition) is 15. The molecule has 0 aromatic heterocycles. The number of urea groups is 1. The maximum absolute atomic E-state index is 12.7. The number of carbonyl (C=O) groups excluding carboxylic acids is 6. The fourth-order valence-corrected chi connectivity index (χ4v) is 7.53. The summed E-state index contributed by atoms with van der Waals surface area (Å²) in [5.41, 5.74) is 6.43. The van der Waals surface area contributed by atoms with Crippen molar-refractivity contribution in [2.45, 2.75) is 83.3 Å². The van der Waals surface area contributed by atoms with E-state index < -0.39 is 60.2 Å². The third-order valence-corrected chi connectivity index (χ3v) is 11.6. The van der Waals surface area contributed by atoms with E-state index >= 15 is 0 Å². The van der Waals surface area contributed by atoms with E-state index in [2.05, 4.69) is 33.4 Å². The molecule has 2 atom stereocenters. The second kappa shape index (κ2) is 32.3. The van der Waals surface area contributed by atoms with Crippen molar-refractivity contribution in [1.29, 1.82) is 0 Å². The predicted octanol–water partition coefficient (Wildman–Crippen LogP) is -0.631.